The van der Waals surface area contributed by atoms with E-state index < -0.39 is 11.6 Å². The van der Waals surface area contributed by atoms with Crippen LogP contribution in [0.15, 0.2) is 22.7 Å². The Bertz CT molecular complexity index is 632. The minimum atomic E-state index is -0.659. The maximum absolute atomic E-state index is 14.1. The van der Waals surface area contributed by atoms with Crippen LogP contribution in [-0.2, 0) is 6.42 Å². The first kappa shape index (κ1) is 14.8. The molecule has 1 aromatic carbocycles. The zero-order valence-electron chi connectivity index (χ0n) is 11.2. The molecule has 0 aliphatic heterocycles. The molecule has 6 heteroatoms. The number of nitrogens with zero attached hydrogens (tertiary/aromatic N) is 2. The number of benzene rings is 1. The molecule has 0 atom stereocenters. The summed E-state index contributed by atoms with van der Waals surface area (Å²) >= 11 is 3.06. The van der Waals surface area contributed by atoms with E-state index in [2.05, 4.69) is 31.2 Å². The van der Waals surface area contributed by atoms with E-state index in [-0.39, 0.29) is 15.7 Å². The lowest BCUT2D eigenvalue weighted by Crippen LogP contribution is -2.03. The maximum atomic E-state index is 14.1. The predicted molar refractivity (Wildman–Crippen MR) is 78.6 cm³/mol. The summed E-state index contributed by atoms with van der Waals surface area (Å²) in [5.41, 5.74) is 0.0970. The van der Waals surface area contributed by atoms with E-state index in [9.17, 15) is 8.78 Å². The quantitative estimate of drug-likeness (QED) is 0.847. The third kappa shape index (κ3) is 2.95. The molecule has 0 aliphatic rings. The van der Waals surface area contributed by atoms with Gasteiger partial charge in [-0.1, -0.05) is 6.92 Å². The van der Waals surface area contributed by atoms with E-state index in [1.54, 1.807) is 7.05 Å². The summed E-state index contributed by atoms with van der Waals surface area (Å²) in [4.78, 5) is 8.52. The van der Waals surface area contributed by atoms with E-state index >= 15 is 0 Å². The number of hydrogen-bond donors (Lipinski definition) is 1. The minimum absolute atomic E-state index is 0.143. The van der Waals surface area contributed by atoms with Gasteiger partial charge in [-0.15, -0.1) is 0 Å². The first-order valence-corrected chi connectivity index (χ1v) is 7.05. The van der Waals surface area contributed by atoms with Gasteiger partial charge in [0, 0.05) is 19.5 Å². The summed E-state index contributed by atoms with van der Waals surface area (Å²) in [5.74, 6) is -0.201. The highest BCUT2D eigenvalue weighted by Crippen LogP contribution is 2.30. The summed E-state index contributed by atoms with van der Waals surface area (Å²) in [7, 11) is 1.70. The molecule has 0 aliphatic carbocycles. The summed E-state index contributed by atoms with van der Waals surface area (Å²) in [6, 6.07) is 4.08. The van der Waals surface area contributed by atoms with Crippen LogP contribution >= 0.6 is 15.9 Å². The van der Waals surface area contributed by atoms with Crippen molar-refractivity contribution in [2.75, 3.05) is 12.4 Å². The van der Waals surface area contributed by atoms with Crippen LogP contribution in [0, 0.1) is 11.6 Å². The lowest BCUT2D eigenvalue weighted by atomic mass is 10.1. The first-order chi connectivity index (χ1) is 9.56. The second kappa shape index (κ2) is 6.26. The molecular formula is C14H14BrF2N3. The van der Waals surface area contributed by atoms with Gasteiger partial charge in [0.1, 0.15) is 23.3 Å². The lowest BCUT2D eigenvalue weighted by molar-refractivity contribution is 0.584. The standard InChI is InChI=1S/C14H14BrF2N3/c1-3-4-11-19-10(7-12(18-2)20-11)13-9(16)6-5-8(15)14(13)17/h5-7H,3-4H2,1-2H3,(H,18,19,20). The monoisotopic (exact) mass is 341 g/mol. The van der Waals surface area contributed by atoms with Crippen LogP contribution in [0.1, 0.15) is 19.2 Å². The number of anilines is 1. The molecular weight excluding hydrogens is 328 g/mol. The Morgan fingerprint density at radius 2 is 2.00 bits per heavy atom. The number of hydrogen-bond acceptors (Lipinski definition) is 3. The summed E-state index contributed by atoms with van der Waals surface area (Å²) in [5, 5.41) is 2.88. The average Bonchev–Trinajstić information content (AvgIpc) is 2.43. The van der Waals surface area contributed by atoms with Crippen molar-refractivity contribution in [1.29, 1.82) is 0 Å². The number of aryl methyl sites for hydroxylation is 1. The van der Waals surface area contributed by atoms with E-state index in [1.807, 2.05) is 6.92 Å². The zero-order valence-corrected chi connectivity index (χ0v) is 12.8. The van der Waals surface area contributed by atoms with Gasteiger partial charge < -0.3 is 5.32 Å². The van der Waals surface area contributed by atoms with Crippen LogP contribution in [0.25, 0.3) is 11.3 Å². The highest BCUT2D eigenvalue weighted by atomic mass is 79.9. The molecule has 20 heavy (non-hydrogen) atoms. The number of aromatic nitrogens is 2. The highest BCUT2D eigenvalue weighted by Gasteiger charge is 2.17. The Hall–Kier alpha value is -1.56. The summed E-state index contributed by atoms with van der Waals surface area (Å²) in [6.45, 7) is 2.00. The Labute approximate surface area is 124 Å². The fourth-order valence-electron chi connectivity index (χ4n) is 1.85. The minimum Gasteiger partial charge on any atom is -0.373 e. The van der Waals surface area contributed by atoms with Crippen LogP contribution < -0.4 is 5.32 Å². The largest absolute Gasteiger partial charge is 0.373 e. The van der Waals surface area contributed by atoms with Crippen LogP contribution in [0.5, 0.6) is 0 Å². The zero-order chi connectivity index (χ0) is 14.7. The highest BCUT2D eigenvalue weighted by molar-refractivity contribution is 9.10. The van der Waals surface area contributed by atoms with Crippen LogP contribution in [0.4, 0.5) is 14.6 Å². The van der Waals surface area contributed by atoms with Gasteiger partial charge in [-0.3, -0.25) is 0 Å². The average molecular weight is 342 g/mol. The van der Waals surface area contributed by atoms with E-state index in [0.717, 1.165) is 6.42 Å². The van der Waals surface area contributed by atoms with E-state index in [4.69, 9.17) is 0 Å². The molecule has 1 N–H and O–H groups in total. The molecule has 0 saturated heterocycles. The Balaban J connectivity index is 2.63. The molecule has 106 valence electrons. The van der Waals surface area contributed by atoms with Crippen molar-refractivity contribution in [3.8, 4) is 11.3 Å². The van der Waals surface area contributed by atoms with Crippen LogP contribution in [-0.4, -0.2) is 17.0 Å². The van der Waals surface area contributed by atoms with Gasteiger partial charge in [-0.25, -0.2) is 18.7 Å². The predicted octanol–water partition coefficient (Wildman–Crippen LogP) is 4.18. The number of rotatable bonds is 4. The fraction of sp³-hybridized carbons (Fsp3) is 0.286. The second-order valence-corrected chi connectivity index (χ2v) is 5.13. The van der Waals surface area contributed by atoms with Crippen molar-refractivity contribution < 1.29 is 8.78 Å². The molecule has 3 nitrogen and oxygen atoms in total. The second-order valence-electron chi connectivity index (χ2n) is 4.27. The molecule has 1 aromatic heterocycles. The van der Waals surface area contributed by atoms with Crippen molar-refractivity contribution >= 4 is 21.7 Å². The van der Waals surface area contributed by atoms with E-state index in [1.165, 1.54) is 18.2 Å². The van der Waals surface area contributed by atoms with Gasteiger partial charge in [-0.05, 0) is 34.5 Å². The third-order valence-corrected chi connectivity index (χ3v) is 3.41. The van der Waals surface area contributed by atoms with Gasteiger partial charge >= 0.3 is 0 Å². The fourth-order valence-corrected chi connectivity index (χ4v) is 2.18. The van der Waals surface area contributed by atoms with Crippen LogP contribution in [0.3, 0.4) is 0 Å². The van der Waals surface area contributed by atoms with Crippen LogP contribution in [0.2, 0.25) is 0 Å². The van der Waals surface area contributed by atoms with Gasteiger partial charge in [0.05, 0.1) is 15.7 Å². The van der Waals surface area contributed by atoms with Gasteiger partial charge in [0.2, 0.25) is 0 Å². The van der Waals surface area contributed by atoms with Crippen molar-refractivity contribution in [3.05, 3.63) is 40.1 Å². The molecule has 0 unspecified atom stereocenters. The SMILES string of the molecule is CCCc1nc(NC)cc(-c2c(F)ccc(Br)c2F)n1. The molecule has 0 fully saturated rings. The van der Waals surface area contributed by atoms with Crippen molar-refractivity contribution in [1.82, 2.24) is 9.97 Å². The summed E-state index contributed by atoms with van der Waals surface area (Å²) < 4.78 is 28.3. The number of nitrogens with one attached hydrogen (secondary N) is 1. The van der Waals surface area contributed by atoms with E-state index in [0.29, 0.717) is 18.1 Å². The topological polar surface area (TPSA) is 37.8 Å². The molecule has 0 amide bonds. The molecule has 2 rings (SSSR count). The van der Waals surface area contributed by atoms with Gasteiger partial charge in [0.15, 0.2) is 0 Å². The Kier molecular flexibility index (Phi) is 4.65. The maximum Gasteiger partial charge on any atom is 0.149 e. The van der Waals surface area contributed by atoms with Gasteiger partial charge in [0.25, 0.3) is 0 Å². The molecule has 2 aromatic rings. The molecule has 1 heterocycles. The Morgan fingerprint density at radius 1 is 1.25 bits per heavy atom. The molecule has 0 radical (unpaired) electrons. The molecule has 0 spiro atoms. The van der Waals surface area contributed by atoms with Gasteiger partial charge in [-0.2, -0.15) is 0 Å². The molecule has 0 saturated carbocycles. The van der Waals surface area contributed by atoms with Crippen molar-refractivity contribution in [2.45, 2.75) is 19.8 Å². The smallest absolute Gasteiger partial charge is 0.149 e. The third-order valence-electron chi connectivity index (χ3n) is 2.80. The number of halogens is 3. The van der Waals surface area contributed by atoms with Crippen molar-refractivity contribution in [3.63, 3.8) is 0 Å². The normalized spacial score (nSPS) is 10.7. The Morgan fingerprint density at radius 3 is 2.65 bits per heavy atom. The molecule has 0 bridgehead atoms. The summed E-state index contributed by atoms with van der Waals surface area (Å²) in [6.07, 6.45) is 1.51. The first-order valence-electron chi connectivity index (χ1n) is 6.26. The lowest BCUT2D eigenvalue weighted by Gasteiger charge is -2.10. The van der Waals surface area contributed by atoms with Crippen molar-refractivity contribution in [2.24, 2.45) is 0 Å².